The Labute approximate surface area is 129 Å². The second-order valence-corrected chi connectivity index (χ2v) is 5.08. The van der Waals surface area contributed by atoms with E-state index in [0.717, 1.165) is 0 Å². The molecule has 1 fully saturated rings. The van der Waals surface area contributed by atoms with Crippen LogP contribution in [0.3, 0.4) is 0 Å². The van der Waals surface area contributed by atoms with Gasteiger partial charge < -0.3 is 50.0 Å². The Morgan fingerprint density at radius 3 is 2.35 bits per heavy atom. The Kier molecular flexibility index (Phi) is 5.54. The van der Waals surface area contributed by atoms with E-state index >= 15 is 0 Å². The Bertz CT molecular complexity index is 476. The molecule has 7 N–H and O–H groups in total. The van der Waals surface area contributed by atoms with Crippen LogP contribution in [0, 0.1) is 0 Å². The summed E-state index contributed by atoms with van der Waals surface area (Å²) in [5.41, 5.74) is 0. The molecule has 0 aromatic carbocycles. The van der Waals surface area contributed by atoms with E-state index in [1.807, 2.05) is 0 Å². The van der Waals surface area contributed by atoms with E-state index in [1.165, 1.54) is 0 Å². The number of rotatable bonds is 5. The van der Waals surface area contributed by atoms with Crippen molar-refractivity contribution in [1.29, 1.82) is 0 Å². The van der Waals surface area contributed by atoms with Gasteiger partial charge in [0.05, 0.1) is 13.2 Å². The van der Waals surface area contributed by atoms with Crippen molar-refractivity contribution < 1.29 is 54.8 Å². The monoisotopic (exact) mass is 338 g/mol. The van der Waals surface area contributed by atoms with Crippen LogP contribution >= 0.6 is 0 Å². The molecule has 132 valence electrons. The van der Waals surface area contributed by atoms with Gasteiger partial charge in [0.25, 0.3) is 0 Å². The Morgan fingerprint density at radius 1 is 1.13 bits per heavy atom. The summed E-state index contributed by atoms with van der Waals surface area (Å²) in [6.45, 7) is -1.52. The second kappa shape index (κ2) is 7.07. The van der Waals surface area contributed by atoms with E-state index in [2.05, 4.69) is 4.74 Å². The van der Waals surface area contributed by atoms with Gasteiger partial charge in [-0.05, 0) is 0 Å². The average molecular weight is 338 g/mol. The normalized spacial score (nSPS) is 39.5. The maximum absolute atomic E-state index is 11.7. The van der Waals surface area contributed by atoms with Crippen molar-refractivity contribution >= 4 is 5.97 Å². The number of hydrogen-bond acceptors (Lipinski definition) is 11. The number of carbonyl (C=O) groups is 1. The zero-order valence-corrected chi connectivity index (χ0v) is 11.7. The molecule has 0 aromatic heterocycles. The van der Waals surface area contributed by atoms with Crippen LogP contribution in [-0.2, 0) is 19.0 Å². The molecule has 0 aromatic rings. The van der Waals surface area contributed by atoms with Crippen molar-refractivity contribution in [2.24, 2.45) is 0 Å². The van der Waals surface area contributed by atoms with Crippen LogP contribution in [-0.4, -0.2) is 97.8 Å². The van der Waals surface area contributed by atoms with Crippen LogP contribution in [0.2, 0.25) is 0 Å². The van der Waals surface area contributed by atoms with Gasteiger partial charge in [0.15, 0.2) is 17.8 Å². The molecule has 23 heavy (non-hydrogen) atoms. The van der Waals surface area contributed by atoms with Gasteiger partial charge in [-0.1, -0.05) is 0 Å². The molecular formula is C12H18O11. The fourth-order valence-electron chi connectivity index (χ4n) is 2.21. The summed E-state index contributed by atoms with van der Waals surface area (Å²) in [6, 6.07) is 0. The van der Waals surface area contributed by atoms with Crippen LogP contribution in [0.4, 0.5) is 0 Å². The van der Waals surface area contributed by atoms with Gasteiger partial charge in [0.1, 0.15) is 30.5 Å². The lowest BCUT2D eigenvalue weighted by Crippen LogP contribution is -2.60. The van der Waals surface area contributed by atoms with Gasteiger partial charge in [-0.15, -0.1) is 0 Å². The van der Waals surface area contributed by atoms with Crippen molar-refractivity contribution in [1.82, 2.24) is 0 Å². The third-order valence-electron chi connectivity index (χ3n) is 3.52. The molecule has 1 saturated heterocycles. The molecule has 2 aliphatic heterocycles. The molecule has 0 saturated carbocycles. The summed E-state index contributed by atoms with van der Waals surface area (Å²) in [5, 5.41) is 66.1. The zero-order chi connectivity index (χ0) is 17.3. The highest BCUT2D eigenvalue weighted by Gasteiger charge is 2.48. The first-order valence-corrected chi connectivity index (χ1v) is 6.71. The molecule has 0 bridgehead atoms. The molecule has 0 spiro atoms. The van der Waals surface area contributed by atoms with Crippen molar-refractivity contribution in [3.8, 4) is 0 Å². The fourth-order valence-corrected chi connectivity index (χ4v) is 2.21. The van der Waals surface area contributed by atoms with Crippen molar-refractivity contribution in [3.63, 3.8) is 0 Å². The minimum absolute atomic E-state index is 0.605. The predicted octanol–water partition coefficient (Wildman–Crippen LogP) is -4.15. The third kappa shape index (κ3) is 3.32. The summed E-state index contributed by atoms with van der Waals surface area (Å²) >= 11 is 0. The van der Waals surface area contributed by atoms with Crippen LogP contribution in [0.15, 0.2) is 11.5 Å². The third-order valence-corrected chi connectivity index (χ3v) is 3.52. The van der Waals surface area contributed by atoms with E-state index in [-0.39, 0.29) is 0 Å². The lowest BCUT2D eigenvalue weighted by atomic mass is 9.99. The molecule has 0 aliphatic carbocycles. The molecular weight excluding hydrogens is 320 g/mol. The quantitative estimate of drug-likeness (QED) is 0.241. The maximum Gasteiger partial charge on any atom is 0.348 e. The van der Waals surface area contributed by atoms with E-state index in [0.29, 0.717) is 0 Å². The van der Waals surface area contributed by atoms with Gasteiger partial charge >= 0.3 is 5.97 Å². The second-order valence-electron chi connectivity index (χ2n) is 5.08. The highest BCUT2D eigenvalue weighted by Crippen LogP contribution is 2.29. The molecule has 2 heterocycles. The first-order chi connectivity index (χ1) is 10.8. The number of carbonyl (C=O) groups excluding carboxylic acids is 1. The first-order valence-electron chi connectivity index (χ1n) is 6.71. The van der Waals surface area contributed by atoms with E-state index < -0.39 is 73.6 Å². The van der Waals surface area contributed by atoms with Crippen LogP contribution in [0.5, 0.6) is 0 Å². The Balaban J connectivity index is 2.14. The number of aliphatic hydroxyl groups excluding tert-OH is 7. The van der Waals surface area contributed by atoms with E-state index in [9.17, 15) is 30.3 Å². The minimum atomic E-state index is -1.78. The van der Waals surface area contributed by atoms with Gasteiger partial charge in [-0.2, -0.15) is 0 Å². The molecule has 11 heteroatoms. The number of aliphatic hydroxyl groups is 7. The van der Waals surface area contributed by atoms with Gasteiger partial charge in [-0.25, -0.2) is 4.79 Å². The topological polar surface area (TPSA) is 186 Å². The molecule has 4 unspecified atom stereocenters. The lowest BCUT2D eigenvalue weighted by molar-refractivity contribution is -0.307. The SMILES string of the molecule is O=C1OC(C(O)CO)=C(O)C1O[C@H]1OC(CO)[C@@H](O)[C@H](O)C1O. The molecule has 7 atom stereocenters. The van der Waals surface area contributed by atoms with Crippen LogP contribution < -0.4 is 0 Å². The summed E-state index contributed by atoms with van der Waals surface area (Å²) < 4.78 is 14.6. The Hall–Kier alpha value is -1.31. The predicted molar refractivity (Wildman–Crippen MR) is 67.5 cm³/mol. The van der Waals surface area contributed by atoms with Gasteiger partial charge in [-0.3, -0.25) is 0 Å². The zero-order valence-electron chi connectivity index (χ0n) is 11.7. The minimum Gasteiger partial charge on any atom is -0.506 e. The maximum atomic E-state index is 11.7. The average Bonchev–Trinajstić information content (AvgIpc) is 2.82. The molecule has 2 aliphatic rings. The summed E-state index contributed by atoms with van der Waals surface area (Å²) in [5.74, 6) is -2.57. The summed E-state index contributed by atoms with van der Waals surface area (Å²) in [4.78, 5) is 11.7. The van der Waals surface area contributed by atoms with Crippen molar-refractivity contribution in [3.05, 3.63) is 11.5 Å². The van der Waals surface area contributed by atoms with E-state index in [4.69, 9.17) is 19.7 Å². The molecule has 0 amide bonds. The largest absolute Gasteiger partial charge is 0.506 e. The number of hydrogen-bond donors (Lipinski definition) is 7. The number of ether oxygens (including phenoxy) is 3. The Morgan fingerprint density at radius 2 is 1.78 bits per heavy atom. The molecule has 0 radical (unpaired) electrons. The lowest BCUT2D eigenvalue weighted by Gasteiger charge is -2.40. The highest BCUT2D eigenvalue weighted by atomic mass is 16.7. The van der Waals surface area contributed by atoms with Crippen molar-refractivity contribution in [2.45, 2.75) is 42.9 Å². The number of esters is 1. The van der Waals surface area contributed by atoms with Gasteiger partial charge in [0.2, 0.25) is 6.10 Å². The first kappa shape index (κ1) is 18.0. The summed E-state index contributed by atoms with van der Waals surface area (Å²) in [6.07, 6.45) is -11.5. The van der Waals surface area contributed by atoms with Crippen LogP contribution in [0.1, 0.15) is 0 Å². The fraction of sp³-hybridized carbons (Fsp3) is 0.750. The van der Waals surface area contributed by atoms with E-state index in [1.54, 1.807) is 0 Å². The van der Waals surface area contributed by atoms with Crippen LogP contribution in [0.25, 0.3) is 0 Å². The smallest absolute Gasteiger partial charge is 0.348 e. The molecule has 11 nitrogen and oxygen atoms in total. The van der Waals surface area contributed by atoms with Crippen molar-refractivity contribution in [2.75, 3.05) is 13.2 Å². The van der Waals surface area contributed by atoms with Gasteiger partial charge in [0, 0.05) is 0 Å². The highest BCUT2D eigenvalue weighted by molar-refractivity contribution is 5.82. The summed E-state index contributed by atoms with van der Waals surface area (Å²) in [7, 11) is 0. The number of cyclic esters (lactones) is 1. The molecule has 2 rings (SSSR count). The standard InChI is InChI=1S/C12H18O11/c13-1-3(15)9-8(19)10(11(20)22-9)23-12-7(18)6(17)5(16)4(2-14)21-12/h3-7,10,12-19H,1-2H2/t3?,4?,5-,6+,7?,10?,12-/m1/s1.